The second-order valence-electron chi connectivity index (χ2n) is 3.83. The van der Waals surface area contributed by atoms with Gasteiger partial charge in [-0.2, -0.15) is 0 Å². The molecule has 0 aliphatic heterocycles. The lowest BCUT2D eigenvalue weighted by Gasteiger charge is -2.23. The Hall–Kier alpha value is -0.720. The van der Waals surface area contributed by atoms with Crippen LogP contribution in [-0.4, -0.2) is 6.04 Å². The lowest BCUT2D eigenvalue weighted by molar-refractivity contribution is 0.480. The van der Waals surface area contributed by atoms with E-state index in [1.807, 2.05) is 6.08 Å². The van der Waals surface area contributed by atoms with Gasteiger partial charge in [-0.05, 0) is 11.8 Å². The molecule has 70 valence electrons. The van der Waals surface area contributed by atoms with E-state index < -0.39 is 0 Å². The van der Waals surface area contributed by atoms with Crippen LogP contribution in [0.2, 0.25) is 0 Å². The molecule has 0 aromatic heterocycles. The van der Waals surface area contributed by atoms with E-state index in [0.29, 0.717) is 17.9 Å². The van der Waals surface area contributed by atoms with Crippen molar-refractivity contribution in [2.45, 2.75) is 33.7 Å². The van der Waals surface area contributed by atoms with Crippen molar-refractivity contribution in [3.8, 4) is 0 Å². The highest BCUT2D eigenvalue weighted by molar-refractivity contribution is 5.02. The third-order valence-corrected chi connectivity index (χ3v) is 2.02. The summed E-state index contributed by atoms with van der Waals surface area (Å²) < 4.78 is 0. The molecule has 0 radical (unpaired) electrons. The molecule has 0 saturated heterocycles. The van der Waals surface area contributed by atoms with Crippen LogP contribution in [0.3, 0.4) is 0 Å². The minimum Gasteiger partial charge on any atom is -0.382 e. The quantitative estimate of drug-likeness (QED) is 0.621. The summed E-state index contributed by atoms with van der Waals surface area (Å²) in [6.45, 7) is 16.4. The Morgan fingerprint density at radius 1 is 1.25 bits per heavy atom. The van der Waals surface area contributed by atoms with Gasteiger partial charge in [-0.3, -0.25) is 0 Å². The second-order valence-corrected chi connectivity index (χ2v) is 3.83. The summed E-state index contributed by atoms with van der Waals surface area (Å²) in [6, 6.07) is 0.347. The molecule has 1 N–H and O–H groups in total. The van der Waals surface area contributed by atoms with Crippen molar-refractivity contribution < 1.29 is 0 Å². The Morgan fingerprint density at radius 3 is 2.00 bits per heavy atom. The van der Waals surface area contributed by atoms with Gasteiger partial charge in [0.25, 0.3) is 0 Å². The number of nitrogens with one attached hydrogen (secondary N) is 1. The van der Waals surface area contributed by atoms with Crippen molar-refractivity contribution >= 4 is 0 Å². The van der Waals surface area contributed by atoms with Crippen LogP contribution < -0.4 is 5.32 Å². The van der Waals surface area contributed by atoms with Crippen LogP contribution in [-0.2, 0) is 0 Å². The fourth-order valence-corrected chi connectivity index (χ4v) is 0.879. The van der Waals surface area contributed by atoms with Crippen LogP contribution in [0.5, 0.6) is 0 Å². The van der Waals surface area contributed by atoms with Crippen molar-refractivity contribution in [2.24, 2.45) is 11.8 Å². The van der Waals surface area contributed by atoms with Crippen molar-refractivity contribution in [3.63, 3.8) is 0 Å². The minimum atomic E-state index is 0.347. The topological polar surface area (TPSA) is 12.0 Å². The summed E-state index contributed by atoms with van der Waals surface area (Å²) >= 11 is 0. The van der Waals surface area contributed by atoms with Crippen LogP contribution in [0.15, 0.2) is 24.9 Å². The highest BCUT2D eigenvalue weighted by Gasteiger charge is 2.10. The number of hydrogen-bond donors (Lipinski definition) is 1. The van der Waals surface area contributed by atoms with E-state index in [1.54, 1.807) is 0 Å². The molecule has 1 atom stereocenters. The second kappa shape index (κ2) is 5.02. The number of allylic oxidation sites excluding steroid dienone is 1. The maximum atomic E-state index is 3.97. The predicted molar refractivity (Wildman–Crippen MR) is 55.9 cm³/mol. The zero-order valence-electron chi connectivity index (χ0n) is 8.72. The zero-order valence-corrected chi connectivity index (χ0v) is 8.72. The molecule has 0 aliphatic rings. The van der Waals surface area contributed by atoms with Gasteiger partial charge in [0, 0.05) is 11.7 Å². The van der Waals surface area contributed by atoms with Gasteiger partial charge in [-0.25, -0.2) is 0 Å². The van der Waals surface area contributed by atoms with Gasteiger partial charge in [0.05, 0.1) is 0 Å². The molecule has 12 heavy (non-hydrogen) atoms. The first-order valence-electron chi connectivity index (χ1n) is 4.57. The highest BCUT2D eigenvalue weighted by Crippen LogP contribution is 2.09. The van der Waals surface area contributed by atoms with Crippen LogP contribution in [0.4, 0.5) is 0 Å². The maximum absolute atomic E-state index is 3.97. The molecule has 0 aromatic carbocycles. The monoisotopic (exact) mass is 167 g/mol. The smallest absolute Gasteiger partial charge is 0.0461 e. The first kappa shape index (κ1) is 11.3. The van der Waals surface area contributed by atoms with Gasteiger partial charge < -0.3 is 5.32 Å². The van der Waals surface area contributed by atoms with Crippen molar-refractivity contribution in [2.75, 3.05) is 0 Å². The van der Waals surface area contributed by atoms with Gasteiger partial charge in [0.2, 0.25) is 0 Å². The molecular weight excluding hydrogens is 146 g/mol. The van der Waals surface area contributed by atoms with E-state index in [4.69, 9.17) is 0 Å². The van der Waals surface area contributed by atoms with E-state index in [2.05, 4.69) is 46.2 Å². The summed E-state index contributed by atoms with van der Waals surface area (Å²) in [5.41, 5.74) is 1.09. The SMILES string of the molecule is C=CC(NC(=C)C(C)C)C(C)C. The summed E-state index contributed by atoms with van der Waals surface area (Å²) in [5.74, 6) is 1.06. The Labute approximate surface area is 76.6 Å². The van der Waals surface area contributed by atoms with Gasteiger partial charge in [0.1, 0.15) is 0 Å². The fourth-order valence-electron chi connectivity index (χ4n) is 0.879. The van der Waals surface area contributed by atoms with Gasteiger partial charge in [-0.15, -0.1) is 6.58 Å². The average molecular weight is 167 g/mol. The fraction of sp³-hybridized carbons (Fsp3) is 0.636. The lowest BCUT2D eigenvalue weighted by Crippen LogP contribution is -2.32. The first-order valence-corrected chi connectivity index (χ1v) is 4.57. The predicted octanol–water partition coefficient (Wildman–Crippen LogP) is 2.96. The third-order valence-electron chi connectivity index (χ3n) is 2.02. The van der Waals surface area contributed by atoms with Gasteiger partial charge in [0.15, 0.2) is 0 Å². The molecule has 1 heteroatoms. The third kappa shape index (κ3) is 3.61. The minimum absolute atomic E-state index is 0.347. The Balaban J connectivity index is 4.03. The van der Waals surface area contributed by atoms with Crippen LogP contribution >= 0.6 is 0 Å². The van der Waals surface area contributed by atoms with Gasteiger partial charge >= 0.3 is 0 Å². The Bertz CT molecular complexity index is 156. The standard InChI is InChI=1S/C11H21N/c1-7-11(9(4)5)12-10(6)8(2)3/h7-9,11-12H,1,6H2,2-5H3. The molecule has 1 nitrogen and oxygen atoms in total. The molecule has 0 amide bonds. The molecule has 0 aromatic rings. The van der Waals surface area contributed by atoms with Crippen LogP contribution in [0.25, 0.3) is 0 Å². The largest absolute Gasteiger partial charge is 0.382 e. The average Bonchev–Trinajstić information content (AvgIpc) is 1.98. The van der Waals surface area contributed by atoms with E-state index in [-0.39, 0.29) is 0 Å². The molecule has 0 aliphatic carbocycles. The maximum Gasteiger partial charge on any atom is 0.0461 e. The molecule has 0 heterocycles. The van der Waals surface area contributed by atoms with E-state index in [1.165, 1.54) is 0 Å². The summed E-state index contributed by atoms with van der Waals surface area (Å²) in [6.07, 6.45) is 1.94. The zero-order chi connectivity index (χ0) is 9.72. The molecule has 0 fully saturated rings. The van der Waals surface area contributed by atoms with Crippen LogP contribution in [0, 0.1) is 11.8 Å². The molecule has 0 rings (SSSR count). The Kier molecular flexibility index (Phi) is 4.72. The highest BCUT2D eigenvalue weighted by atomic mass is 14.9. The normalized spacial score (nSPS) is 13.2. The van der Waals surface area contributed by atoms with Crippen molar-refractivity contribution in [1.82, 2.24) is 5.32 Å². The molecular formula is C11H21N. The van der Waals surface area contributed by atoms with Crippen molar-refractivity contribution in [3.05, 3.63) is 24.9 Å². The number of hydrogen-bond acceptors (Lipinski definition) is 1. The summed E-state index contributed by atoms with van der Waals surface area (Å²) in [4.78, 5) is 0. The van der Waals surface area contributed by atoms with E-state index in [0.717, 1.165) is 5.70 Å². The van der Waals surface area contributed by atoms with Crippen molar-refractivity contribution in [1.29, 1.82) is 0 Å². The molecule has 0 spiro atoms. The van der Waals surface area contributed by atoms with E-state index >= 15 is 0 Å². The van der Waals surface area contributed by atoms with Gasteiger partial charge in [-0.1, -0.05) is 40.3 Å². The Morgan fingerprint density at radius 2 is 1.75 bits per heavy atom. The lowest BCUT2D eigenvalue weighted by atomic mass is 10.0. The molecule has 0 saturated carbocycles. The van der Waals surface area contributed by atoms with E-state index in [9.17, 15) is 0 Å². The molecule has 0 bridgehead atoms. The summed E-state index contributed by atoms with van der Waals surface area (Å²) in [5, 5.41) is 3.35. The number of rotatable bonds is 5. The van der Waals surface area contributed by atoms with Crippen LogP contribution in [0.1, 0.15) is 27.7 Å². The summed E-state index contributed by atoms with van der Waals surface area (Å²) in [7, 11) is 0. The first-order chi connectivity index (χ1) is 5.49. The molecule has 1 unspecified atom stereocenters.